The lowest BCUT2D eigenvalue weighted by Crippen LogP contribution is -2.61. The molecule has 1 aliphatic rings. The van der Waals surface area contributed by atoms with E-state index in [0.717, 1.165) is 38.5 Å². The van der Waals surface area contributed by atoms with Gasteiger partial charge in [-0.1, -0.05) is 289 Å². The number of rotatable bonds is 54. The summed E-state index contributed by atoms with van der Waals surface area (Å²) in [5.41, 5.74) is 0. The smallest absolute Gasteiger partial charge is 0.394 e. The number of unbranched alkanes of at least 4 members (excludes halogenated alkanes) is 42. The Bertz CT molecular complexity index is 1320. The summed E-state index contributed by atoms with van der Waals surface area (Å²) in [6.07, 6.45) is 51.2. The van der Waals surface area contributed by atoms with Gasteiger partial charge in [0.15, 0.2) is 6.29 Å². The van der Waals surface area contributed by atoms with Crippen molar-refractivity contribution in [1.29, 1.82) is 0 Å². The molecule has 1 heterocycles. The lowest BCUT2D eigenvalue weighted by atomic mass is 9.99. The van der Waals surface area contributed by atoms with E-state index < -0.39 is 59.9 Å². The molecule has 0 aromatic heterocycles. The Balaban J connectivity index is 2.34. The first-order valence-corrected chi connectivity index (χ1v) is 31.9. The highest BCUT2D eigenvalue weighted by atomic mass is 32.3. The summed E-state index contributed by atoms with van der Waals surface area (Å²) < 4.78 is 47.9. The minimum Gasteiger partial charge on any atom is -0.394 e. The second kappa shape index (κ2) is 49.4. The fourth-order valence-electron chi connectivity index (χ4n) is 10.1. The van der Waals surface area contributed by atoms with E-state index in [2.05, 4.69) is 23.3 Å². The van der Waals surface area contributed by atoms with Gasteiger partial charge >= 0.3 is 10.4 Å². The number of carbonyl (C=O) groups excluding carboxylic acids is 1. The van der Waals surface area contributed by atoms with Crippen molar-refractivity contribution in [1.82, 2.24) is 5.32 Å². The van der Waals surface area contributed by atoms with Crippen LogP contribution in [0, 0.1) is 0 Å². The third-order valence-corrected chi connectivity index (χ3v) is 15.3. The Morgan fingerprint density at radius 3 is 1.21 bits per heavy atom. The van der Waals surface area contributed by atoms with Crippen molar-refractivity contribution < 1.29 is 51.8 Å². The summed E-state index contributed by atoms with van der Waals surface area (Å²) in [5, 5.41) is 45.0. The predicted octanol–water partition coefficient (Wildman–Crippen LogP) is 14.6. The van der Waals surface area contributed by atoms with Gasteiger partial charge in [-0.05, 0) is 19.3 Å². The van der Waals surface area contributed by atoms with Gasteiger partial charge in [-0.2, -0.15) is 8.42 Å². The second-order valence-corrected chi connectivity index (χ2v) is 22.7. The molecule has 7 atom stereocenters. The molecule has 12 nitrogen and oxygen atoms in total. The van der Waals surface area contributed by atoms with Gasteiger partial charge < -0.3 is 35.2 Å². The molecule has 0 spiro atoms. The third-order valence-electron chi connectivity index (χ3n) is 14.8. The fourth-order valence-corrected chi connectivity index (χ4v) is 10.6. The van der Waals surface area contributed by atoms with Gasteiger partial charge in [-0.15, -0.1) is 0 Å². The number of aliphatic hydroxyl groups is 4. The highest BCUT2D eigenvalue weighted by Crippen LogP contribution is 2.26. The first-order valence-electron chi connectivity index (χ1n) is 30.6. The highest BCUT2D eigenvalue weighted by molar-refractivity contribution is 7.80. The zero-order chi connectivity index (χ0) is 52.6. The maximum absolute atomic E-state index is 13.1. The van der Waals surface area contributed by atoms with E-state index in [0.29, 0.717) is 6.42 Å². The van der Waals surface area contributed by atoms with Crippen LogP contribution in [0.15, 0.2) is 12.2 Å². The maximum atomic E-state index is 13.1. The number of carbonyl (C=O) groups is 1. The van der Waals surface area contributed by atoms with E-state index in [-0.39, 0.29) is 18.9 Å². The average molecular weight is 1050 g/mol. The van der Waals surface area contributed by atoms with Gasteiger partial charge in [0.05, 0.1) is 25.4 Å². The van der Waals surface area contributed by atoms with E-state index in [1.54, 1.807) is 6.08 Å². The Morgan fingerprint density at radius 1 is 0.542 bits per heavy atom. The Labute approximate surface area is 442 Å². The predicted molar refractivity (Wildman–Crippen MR) is 296 cm³/mol. The van der Waals surface area contributed by atoms with Crippen molar-refractivity contribution in [3.8, 4) is 0 Å². The second-order valence-electron chi connectivity index (χ2n) is 21.7. The topological polar surface area (TPSA) is 192 Å². The summed E-state index contributed by atoms with van der Waals surface area (Å²) in [6, 6.07) is -0.940. The number of hydrogen-bond donors (Lipinski definition) is 6. The molecule has 7 unspecified atom stereocenters. The zero-order valence-corrected chi connectivity index (χ0v) is 47.3. The van der Waals surface area contributed by atoms with Crippen LogP contribution in [-0.4, -0.2) is 95.4 Å². The largest absolute Gasteiger partial charge is 0.397 e. The average Bonchev–Trinajstić information content (AvgIpc) is 3.36. The lowest BCUT2D eigenvalue weighted by Gasteiger charge is -2.41. The molecule has 0 radical (unpaired) electrons. The quantitative estimate of drug-likeness (QED) is 0.0193. The summed E-state index contributed by atoms with van der Waals surface area (Å²) in [4.78, 5) is 13.1. The van der Waals surface area contributed by atoms with Crippen molar-refractivity contribution in [3.05, 3.63) is 12.2 Å². The number of ether oxygens (including phenoxy) is 2. The van der Waals surface area contributed by atoms with Crippen LogP contribution in [0.4, 0.5) is 0 Å². The number of amides is 1. The van der Waals surface area contributed by atoms with Gasteiger partial charge in [0, 0.05) is 6.42 Å². The van der Waals surface area contributed by atoms with Crippen molar-refractivity contribution in [2.75, 3.05) is 13.2 Å². The van der Waals surface area contributed by atoms with Crippen LogP contribution in [0.1, 0.15) is 303 Å². The van der Waals surface area contributed by atoms with Gasteiger partial charge in [-0.3, -0.25) is 9.35 Å². The van der Waals surface area contributed by atoms with E-state index in [4.69, 9.17) is 9.47 Å². The molecule has 1 amide bonds. The normalized spacial score (nSPS) is 19.3. The number of allylic oxidation sites excluding steroid dienone is 1. The van der Waals surface area contributed by atoms with Gasteiger partial charge in [0.25, 0.3) is 0 Å². The molecule has 0 aromatic rings. The molecule has 72 heavy (non-hydrogen) atoms. The van der Waals surface area contributed by atoms with E-state index >= 15 is 0 Å². The van der Waals surface area contributed by atoms with Gasteiger partial charge in [-0.25, -0.2) is 4.18 Å². The van der Waals surface area contributed by atoms with E-state index in [1.807, 2.05) is 6.08 Å². The van der Waals surface area contributed by atoms with Crippen LogP contribution in [0.3, 0.4) is 0 Å². The molecule has 1 saturated heterocycles. The summed E-state index contributed by atoms with van der Waals surface area (Å²) in [5.74, 6) is -0.255. The Kier molecular flexibility index (Phi) is 47.3. The van der Waals surface area contributed by atoms with Crippen molar-refractivity contribution in [2.24, 2.45) is 0 Å². The Hall–Kier alpha value is -1.16. The molecule has 1 rings (SSSR count). The van der Waals surface area contributed by atoms with Gasteiger partial charge in [0.2, 0.25) is 5.91 Å². The molecule has 428 valence electrons. The van der Waals surface area contributed by atoms with E-state index in [1.165, 1.54) is 238 Å². The van der Waals surface area contributed by atoms with Crippen LogP contribution in [0.5, 0.6) is 0 Å². The molecule has 0 aromatic carbocycles. The number of nitrogens with one attached hydrogen (secondary N) is 1. The van der Waals surface area contributed by atoms with Crippen LogP contribution in [0.2, 0.25) is 0 Å². The third kappa shape index (κ3) is 41.1. The molecule has 0 saturated carbocycles. The summed E-state index contributed by atoms with van der Waals surface area (Å²) >= 11 is 0. The van der Waals surface area contributed by atoms with Gasteiger partial charge in [0.1, 0.15) is 24.4 Å². The monoisotopic (exact) mass is 1050 g/mol. The molecule has 1 fully saturated rings. The summed E-state index contributed by atoms with van der Waals surface area (Å²) in [7, 11) is -5.09. The molecule has 6 N–H and O–H groups in total. The van der Waals surface area contributed by atoms with Crippen molar-refractivity contribution in [2.45, 2.75) is 346 Å². The molecule has 1 aliphatic heterocycles. The molecular weight excluding hydrogens is 931 g/mol. The van der Waals surface area contributed by atoms with Crippen LogP contribution >= 0.6 is 0 Å². The maximum Gasteiger partial charge on any atom is 0.397 e. The van der Waals surface area contributed by atoms with Crippen molar-refractivity contribution >= 4 is 16.3 Å². The molecule has 13 heteroatoms. The first kappa shape index (κ1) is 68.9. The first-order chi connectivity index (χ1) is 35.0. The van der Waals surface area contributed by atoms with Crippen LogP contribution in [0.25, 0.3) is 0 Å². The minimum absolute atomic E-state index is 0.255. The zero-order valence-electron chi connectivity index (χ0n) is 46.5. The van der Waals surface area contributed by atoms with Crippen LogP contribution in [-0.2, 0) is 28.9 Å². The Morgan fingerprint density at radius 2 is 0.875 bits per heavy atom. The highest BCUT2D eigenvalue weighted by Gasteiger charge is 2.48. The lowest BCUT2D eigenvalue weighted by molar-refractivity contribution is -0.298. The van der Waals surface area contributed by atoms with E-state index in [9.17, 15) is 38.2 Å². The molecular formula is C59H115NO11S. The number of hydrogen-bond acceptors (Lipinski definition) is 10. The van der Waals surface area contributed by atoms with Crippen LogP contribution < -0.4 is 5.32 Å². The fraction of sp³-hybridized carbons (Fsp3) is 0.949. The standard InChI is InChI=1S/C59H115NO11S/c1-3-5-7-9-11-13-15-17-19-21-23-25-26-27-28-29-30-32-34-36-38-40-42-44-46-48-53(62)52(51-69-59-57(65)58(71-72(66,67)68)56(64)54(50-61)70-59)60-55(63)49-47-45-43-41-39-37-35-33-31-24-22-20-18-16-14-12-10-8-6-4-2/h46,48,52-54,56-59,61-62,64-65H,3-45,47,49-51H2,1-2H3,(H,60,63)(H,66,67,68)/b48-46+. The minimum atomic E-state index is -5.09. The molecule has 0 bridgehead atoms. The SMILES string of the molecule is CCCCCCCCCCCCCCCCCCCCCCCCC/C=C/C(O)C(COC1OC(CO)C(O)C(OS(=O)(=O)O)C1O)NC(=O)CCCCCCCCCCCCCCCCCCCCCC. The summed E-state index contributed by atoms with van der Waals surface area (Å²) in [6.45, 7) is 3.45. The number of aliphatic hydroxyl groups excluding tert-OH is 4. The molecule has 0 aliphatic carbocycles. The van der Waals surface area contributed by atoms with Crippen molar-refractivity contribution in [3.63, 3.8) is 0 Å².